The predicted octanol–water partition coefficient (Wildman–Crippen LogP) is 3.65. The molecular weight excluding hydrogens is 376 g/mol. The molecule has 3 unspecified atom stereocenters. The Morgan fingerprint density at radius 2 is 1.82 bits per heavy atom. The van der Waals surface area contributed by atoms with E-state index in [1.165, 1.54) is 0 Å². The van der Waals surface area contributed by atoms with Gasteiger partial charge in [-0.05, 0) is 42.0 Å². The average Bonchev–Trinajstić information content (AvgIpc) is 3.34. The van der Waals surface area contributed by atoms with E-state index in [1.807, 2.05) is 47.4 Å². The number of carbonyl (C=O) groups excluding carboxylic acids is 3. The van der Waals surface area contributed by atoms with Gasteiger partial charge in [0.1, 0.15) is 0 Å². The van der Waals surface area contributed by atoms with Crippen molar-refractivity contribution < 1.29 is 14.4 Å². The SMILES string of the molecule is O=C1CCC(c2cccc(-c3ccc(N4C(=O)CC5CC54)cc3)c2Cl)C(=O)N1. The van der Waals surface area contributed by atoms with Crippen LogP contribution in [0.4, 0.5) is 5.69 Å². The molecule has 3 aliphatic rings. The Kier molecular flexibility index (Phi) is 4.02. The van der Waals surface area contributed by atoms with Gasteiger partial charge >= 0.3 is 0 Å². The number of benzene rings is 2. The zero-order valence-electron chi connectivity index (χ0n) is 15.2. The van der Waals surface area contributed by atoms with Crippen LogP contribution in [-0.2, 0) is 14.4 Å². The van der Waals surface area contributed by atoms with Crippen LogP contribution in [0.1, 0.15) is 37.2 Å². The number of anilines is 1. The van der Waals surface area contributed by atoms with Crippen LogP contribution >= 0.6 is 11.6 Å². The summed E-state index contributed by atoms with van der Waals surface area (Å²) in [5.74, 6) is -0.215. The van der Waals surface area contributed by atoms with E-state index in [2.05, 4.69) is 5.32 Å². The lowest BCUT2D eigenvalue weighted by Crippen LogP contribution is -2.39. The van der Waals surface area contributed by atoms with Gasteiger partial charge in [0.25, 0.3) is 0 Å². The molecular formula is C22H19ClN2O3. The van der Waals surface area contributed by atoms with Gasteiger partial charge in [-0.25, -0.2) is 0 Å². The van der Waals surface area contributed by atoms with E-state index < -0.39 is 5.92 Å². The third kappa shape index (κ3) is 2.81. The van der Waals surface area contributed by atoms with Crippen LogP contribution in [0.25, 0.3) is 11.1 Å². The van der Waals surface area contributed by atoms with Crippen LogP contribution in [0.5, 0.6) is 0 Å². The van der Waals surface area contributed by atoms with Crippen molar-refractivity contribution in [3.63, 3.8) is 0 Å². The predicted molar refractivity (Wildman–Crippen MR) is 106 cm³/mol. The molecule has 1 N–H and O–H groups in total. The Hall–Kier alpha value is -2.66. The molecule has 5 rings (SSSR count). The van der Waals surface area contributed by atoms with Crippen LogP contribution in [0.2, 0.25) is 5.02 Å². The maximum atomic E-state index is 12.2. The second-order valence-electron chi connectivity index (χ2n) is 7.79. The molecule has 1 saturated carbocycles. The van der Waals surface area contributed by atoms with Crippen LogP contribution < -0.4 is 10.2 Å². The first-order chi connectivity index (χ1) is 13.5. The maximum absolute atomic E-state index is 12.2. The summed E-state index contributed by atoms with van der Waals surface area (Å²) in [6.07, 6.45) is 2.55. The van der Waals surface area contributed by atoms with E-state index >= 15 is 0 Å². The van der Waals surface area contributed by atoms with Gasteiger partial charge in [-0.3, -0.25) is 19.7 Å². The van der Waals surface area contributed by atoms with E-state index in [1.54, 1.807) is 0 Å². The monoisotopic (exact) mass is 394 g/mol. The number of nitrogens with zero attached hydrogens (tertiary/aromatic N) is 1. The Bertz CT molecular complexity index is 1000. The average molecular weight is 395 g/mol. The maximum Gasteiger partial charge on any atom is 0.234 e. The fourth-order valence-electron chi connectivity index (χ4n) is 4.44. The smallest absolute Gasteiger partial charge is 0.234 e. The molecule has 3 amide bonds. The first-order valence-corrected chi connectivity index (χ1v) is 9.95. The first kappa shape index (κ1) is 17.4. The first-order valence-electron chi connectivity index (χ1n) is 9.57. The number of piperidine rings is 2. The quantitative estimate of drug-likeness (QED) is 0.808. The van der Waals surface area contributed by atoms with Gasteiger partial charge in [-0.1, -0.05) is 41.9 Å². The Morgan fingerprint density at radius 3 is 2.50 bits per heavy atom. The molecule has 28 heavy (non-hydrogen) atoms. The second-order valence-corrected chi connectivity index (χ2v) is 8.17. The van der Waals surface area contributed by atoms with Crippen molar-refractivity contribution in [2.75, 3.05) is 4.90 Å². The fraction of sp³-hybridized carbons (Fsp3) is 0.318. The largest absolute Gasteiger partial charge is 0.309 e. The summed E-state index contributed by atoms with van der Waals surface area (Å²) in [7, 11) is 0. The number of carbonyl (C=O) groups is 3. The highest BCUT2D eigenvalue weighted by atomic mass is 35.5. The molecule has 2 aliphatic heterocycles. The molecule has 0 radical (unpaired) electrons. The van der Waals surface area contributed by atoms with Gasteiger partial charge in [0.2, 0.25) is 17.7 Å². The minimum absolute atomic E-state index is 0.201. The van der Waals surface area contributed by atoms with Gasteiger partial charge < -0.3 is 4.90 Å². The van der Waals surface area contributed by atoms with Crippen molar-refractivity contribution >= 4 is 35.0 Å². The minimum Gasteiger partial charge on any atom is -0.309 e. The number of imide groups is 1. The van der Waals surface area contributed by atoms with Crippen molar-refractivity contribution in [1.29, 1.82) is 0 Å². The molecule has 5 nitrogen and oxygen atoms in total. The van der Waals surface area contributed by atoms with E-state index in [0.29, 0.717) is 36.2 Å². The summed E-state index contributed by atoms with van der Waals surface area (Å²) in [4.78, 5) is 37.7. The van der Waals surface area contributed by atoms with E-state index in [4.69, 9.17) is 11.6 Å². The molecule has 2 aromatic rings. The second kappa shape index (κ2) is 6.45. The lowest BCUT2D eigenvalue weighted by molar-refractivity contribution is -0.134. The number of halogens is 1. The molecule has 0 bridgehead atoms. The lowest BCUT2D eigenvalue weighted by atomic mass is 9.88. The highest BCUT2D eigenvalue weighted by Crippen LogP contribution is 2.47. The summed E-state index contributed by atoms with van der Waals surface area (Å²) in [5.41, 5.74) is 3.44. The molecule has 1 aliphatic carbocycles. The molecule has 6 heteroatoms. The number of hydrogen-bond donors (Lipinski definition) is 1. The van der Waals surface area contributed by atoms with Crippen molar-refractivity contribution in [2.24, 2.45) is 5.92 Å². The van der Waals surface area contributed by atoms with Gasteiger partial charge in [0.15, 0.2) is 0 Å². The topological polar surface area (TPSA) is 66.5 Å². The van der Waals surface area contributed by atoms with Crippen LogP contribution in [-0.4, -0.2) is 23.8 Å². The van der Waals surface area contributed by atoms with Crippen LogP contribution in [0, 0.1) is 5.92 Å². The van der Waals surface area contributed by atoms with Gasteiger partial charge in [-0.2, -0.15) is 0 Å². The van der Waals surface area contributed by atoms with E-state index in [0.717, 1.165) is 28.8 Å². The number of nitrogens with one attached hydrogen (secondary N) is 1. The molecule has 3 atom stereocenters. The van der Waals surface area contributed by atoms with Crippen molar-refractivity contribution in [3.05, 3.63) is 53.1 Å². The molecule has 0 aromatic heterocycles. The molecule has 2 aromatic carbocycles. The molecule has 2 saturated heterocycles. The standard InChI is InChI=1S/C22H19ClN2O3/c23-21-15(2-1-3-16(21)17-8-9-19(26)24-22(17)28)12-4-6-14(7-5-12)25-18-10-13(18)11-20(25)27/h1-7,13,17-18H,8-11H2,(H,24,26,28). The summed E-state index contributed by atoms with van der Waals surface area (Å²) < 4.78 is 0. The number of amides is 3. The molecule has 3 fully saturated rings. The van der Waals surface area contributed by atoms with Gasteiger partial charge in [-0.15, -0.1) is 0 Å². The Labute approximate surface area is 167 Å². The highest BCUT2D eigenvalue weighted by Gasteiger charge is 2.51. The molecule has 142 valence electrons. The van der Waals surface area contributed by atoms with Crippen molar-refractivity contribution in [1.82, 2.24) is 5.32 Å². The summed E-state index contributed by atoms with van der Waals surface area (Å²) in [6.45, 7) is 0. The van der Waals surface area contributed by atoms with Crippen LogP contribution in [0.3, 0.4) is 0 Å². The van der Waals surface area contributed by atoms with Gasteiger partial charge in [0.05, 0.1) is 10.9 Å². The summed E-state index contributed by atoms with van der Waals surface area (Å²) in [6, 6.07) is 13.9. The third-order valence-corrected chi connectivity index (χ3v) is 6.44. The number of hydrogen-bond acceptors (Lipinski definition) is 3. The normalized spacial score (nSPS) is 26.2. The zero-order chi connectivity index (χ0) is 19.4. The number of rotatable bonds is 3. The van der Waals surface area contributed by atoms with E-state index in [9.17, 15) is 14.4 Å². The molecule has 0 spiro atoms. The van der Waals surface area contributed by atoms with Gasteiger partial charge in [0, 0.05) is 30.1 Å². The fourth-order valence-corrected chi connectivity index (χ4v) is 4.81. The Balaban J connectivity index is 1.44. The highest BCUT2D eigenvalue weighted by molar-refractivity contribution is 6.34. The van der Waals surface area contributed by atoms with Crippen LogP contribution in [0.15, 0.2) is 42.5 Å². The third-order valence-electron chi connectivity index (χ3n) is 6.02. The van der Waals surface area contributed by atoms with E-state index in [-0.39, 0.29) is 17.7 Å². The summed E-state index contributed by atoms with van der Waals surface area (Å²) in [5, 5.41) is 2.92. The summed E-state index contributed by atoms with van der Waals surface area (Å²) >= 11 is 6.67. The van der Waals surface area contributed by atoms with Crippen molar-refractivity contribution in [3.8, 4) is 11.1 Å². The van der Waals surface area contributed by atoms with Crippen molar-refractivity contribution in [2.45, 2.75) is 37.6 Å². The zero-order valence-corrected chi connectivity index (χ0v) is 15.9. The number of fused-ring (bicyclic) bond motifs is 1. The Morgan fingerprint density at radius 1 is 1.04 bits per heavy atom. The minimum atomic E-state index is -0.418. The lowest BCUT2D eigenvalue weighted by Gasteiger charge is -2.23. The molecule has 2 heterocycles.